The number of nitrogens with one attached hydrogen (secondary N) is 1. The first-order valence-electron chi connectivity index (χ1n) is 9.03. The molecular formula is C19H23N5O2. The van der Waals surface area contributed by atoms with E-state index >= 15 is 0 Å². The van der Waals surface area contributed by atoms with E-state index in [0.29, 0.717) is 25.3 Å². The summed E-state index contributed by atoms with van der Waals surface area (Å²) in [6, 6.07) is 5.53. The van der Waals surface area contributed by atoms with Crippen LogP contribution in [0.5, 0.6) is 0 Å². The Labute approximate surface area is 152 Å². The van der Waals surface area contributed by atoms with Crippen LogP contribution in [0.1, 0.15) is 35.3 Å². The molecule has 0 bridgehead atoms. The maximum Gasteiger partial charge on any atom is 0.272 e. The lowest BCUT2D eigenvalue weighted by Gasteiger charge is -2.41. The molecule has 136 valence electrons. The molecule has 2 aliphatic rings. The molecule has 2 fully saturated rings. The average molecular weight is 353 g/mol. The summed E-state index contributed by atoms with van der Waals surface area (Å²) in [4.78, 5) is 31.6. The lowest BCUT2D eigenvalue weighted by atomic mass is 9.62. The van der Waals surface area contributed by atoms with Crippen LogP contribution in [-0.4, -0.2) is 44.6 Å². The number of aryl methyl sites for hydroxylation is 1. The van der Waals surface area contributed by atoms with E-state index in [1.54, 1.807) is 36.4 Å². The van der Waals surface area contributed by atoms with Gasteiger partial charge in [-0.05, 0) is 30.5 Å². The van der Waals surface area contributed by atoms with E-state index < -0.39 is 0 Å². The van der Waals surface area contributed by atoms with Crippen molar-refractivity contribution in [3.63, 3.8) is 0 Å². The second-order valence-corrected chi connectivity index (χ2v) is 7.37. The molecular weight excluding hydrogens is 330 g/mol. The van der Waals surface area contributed by atoms with Crippen molar-refractivity contribution < 1.29 is 9.59 Å². The van der Waals surface area contributed by atoms with Crippen molar-refractivity contribution in [1.82, 2.24) is 25.0 Å². The van der Waals surface area contributed by atoms with Crippen LogP contribution in [-0.2, 0) is 18.4 Å². The highest BCUT2D eigenvalue weighted by molar-refractivity contribution is 5.93. The average Bonchev–Trinajstić information content (AvgIpc) is 3.24. The molecule has 1 aliphatic carbocycles. The Morgan fingerprint density at radius 2 is 2.15 bits per heavy atom. The monoisotopic (exact) mass is 353 g/mol. The summed E-state index contributed by atoms with van der Waals surface area (Å²) in [5.41, 5.74) is 1.48. The Bertz CT molecular complexity index is 812. The summed E-state index contributed by atoms with van der Waals surface area (Å²) in [5, 5.41) is 7.12. The normalized spacial score (nSPS) is 20.8. The van der Waals surface area contributed by atoms with Crippen LogP contribution < -0.4 is 5.32 Å². The summed E-state index contributed by atoms with van der Waals surface area (Å²) < 4.78 is 1.59. The van der Waals surface area contributed by atoms with E-state index in [1.165, 1.54) is 0 Å². The lowest BCUT2D eigenvalue weighted by Crippen LogP contribution is -2.45. The van der Waals surface area contributed by atoms with Gasteiger partial charge >= 0.3 is 0 Å². The quantitative estimate of drug-likeness (QED) is 0.900. The van der Waals surface area contributed by atoms with Crippen LogP contribution in [0.4, 0.5) is 0 Å². The highest BCUT2D eigenvalue weighted by atomic mass is 16.2. The van der Waals surface area contributed by atoms with Crippen LogP contribution in [0.2, 0.25) is 0 Å². The van der Waals surface area contributed by atoms with Crippen LogP contribution in [0.15, 0.2) is 36.8 Å². The zero-order chi connectivity index (χ0) is 18.1. The van der Waals surface area contributed by atoms with Crippen LogP contribution in [0, 0.1) is 11.3 Å². The van der Waals surface area contributed by atoms with Gasteiger partial charge in [-0.1, -0.05) is 12.5 Å². The molecule has 3 heterocycles. The van der Waals surface area contributed by atoms with Crippen molar-refractivity contribution in [3.05, 3.63) is 48.0 Å². The van der Waals surface area contributed by atoms with Crippen molar-refractivity contribution in [2.45, 2.75) is 25.8 Å². The SMILES string of the molecule is Cn1nccc1C(=O)N1CC(C(=O)NCc2cccnc2)C2(CCC2)C1. The van der Waals surface area contributed by atoms with Crippen molar-refractivity contribution >= 4 is 11.8 Å². The summed E-state index contributed by atoms with van der Waals surface area (Å²) in [6.45, 7) is 1.60. The third-order valence-electron chi connectivity index (χ3n) is 5.83. The van der Waals surface area contributed by atoms with Crippen molar-refractivity contribution in [1.29, 1.82) is 0 Å². The number of nitrogens with zero attached hydrogens (tertiary/aromatic N) is 4. The minimum atomic E-state index is -0.148. The molecule has 1 aliphatic heterocycles. The first-order chi connectivity index (χ1) is 12.6. The van der Waals surface area contributed by atoms with Crippen molar-refractivity contribution in [2.75, 3.05) is 13.1 Å². The molecule has 2 aromatic heterocycles. The fourth-order valence-electron chi connectivity index (χ4n) is 4.18. The summed E-state index contributed by atoms with van der Waals surface area (Å²) >= 11 is 0. The van der Waals surface area contributed by atoms with Gasteiger partial charge in [0.05, 0.1) is 5.92 Å². The molecule has 1 atom stereocenters. The number of rotatable bonds is 4. The molecule has 0 radical (unpaired) electrons. The molecule has 26 heavy (non-hydrogen) atoms. The molecule has 7 nitrogen and oxygen atoms in total. The van der Waals surface area contributed by atoms with E-state index in [1.807, 2.05) is 17.0 Å². The van der Waals surface area contributed by atoms with Crippen LogP contribution in [0.3, 0.4) is 0 Å². The topological polar surface area (TPSA) is 80.1 Å². The highest BCUT2D eigenvalue weighted by Gasteiger charge is 2.54. The van der Waals surface area contributed by atoms with Gasteiger partial charge in [0.1, 0.15) is 5.69 Å². The highest BCUT2D eigenvalue weighted by Crippen LogP contribution is 2.51. The zero-order valence-electron chi connectivity index (χ0n) is 14.9. The Morgan fingerprint density at radius 3 is 2.77 bits per heavy atom. The molecule has 1 unspecified atom stereocenters. The fourth-order valence-corrected chi connectivity index (χ4v) is 4.18. The molecule has 4 rings (SSSR count). The van der Waals surface area contributed by atoms with Gasteiger partial charge in [0.25, 0.3) is 5.91 Å². The van der Waals surface area contributed by atoms with Gasteiger partial charge in [0, 0.05) is 50.7 Å². The lowest BCUT2D eigenvalue weighted by molar-refractivity contribution is -0.129. The van der Waals surface area contributed by atoms with Gasteiger partial charge in [-0.2, -0.15) is 5.10 Å². The predicted molar refractivity (Wildman–Crippen MR) is 95.0 cm³/mol. The predicted octanol–water partition coefficient (Wildman–Crippen LogP) is 1.37. The number of amides is 2. The van der Waals surface area contributed by atoms with Crippen molar-refractivity contribution in [3.8, 4) is 0 Å². The van der Waals surface area contributed by atoms with Gasteiger partial charge < -0.3 is 10.2 Å². The number of carbonyl (C=O) groups excluding carboxylic acids is 2. The molecule has 1 saturated carbocycles. The van der Waals surface area contributed by atoms with Crippen LogP contribution >= 0.6 is 0 Å². The maximum atomic E-state index is 12.9. The second kappa shape index (κ2) is 6.55. The van der Waals surface area contributed by atoms with Crippen molar-refractivity contribution in [2.24, 2.45) is 18.4 Å². The molecule has 1 saturated heterocycles. The summed E-state index contributed by atoms with van der Waals surface area (Å²) in [6.07, 6.45) is 8.24. The summed E-state index contributed by atoms with van der Waals surface area (Å²) in [5.74, 6) is -0.155. The van der Waals surface area contributed by atoms with E-state index in [4.69, 9.17) is 0 Å². The van der Waals surface area contributed by atoms with E-state index in [9.17, 15) is 9.59 Å². The first-order valence-corrected chi connectivity index (χ1v) is 9.03. The Hall–Kier alpha value is -2.70. The van der Waals surface area contributed by atoms with E-state index in [0.717, 1.165) is 24.8 Å². The molecule has 2 aromatic rings. The molecule has 1 N–H and O–H groups in total. The molecule has 1 spiro atoms. The second-order valence-electron chi connectivity index (χ2n) is 7.37. The standard InChI is InChI=1S/C19H23N5O2/c1-23-16(5-9-22-23)18(26)24-12-15(19(13-24)6-3-7-19)17(25)21-11-14-4-2-8-20-10-14/h2,4-5,8-10,15H,3,6-7,11-13H2,1H3,(H,21,25). The number of aromatic nitrogens is 3. The minimum absolute atomic E-state index is 0.0360. The third-order valence-corrected chi connectivity index (χ3v) is 5.83. The van der Waals surface area contributed by atoms with Gasteiger partial charge in [-0.15, -0.1) is 0 Å². The number of pyridine rings is 1. The van der Waals surface area contributed by atoms with E-state index in [2.05, 4.69) is 15.4 Å². The Morgan fingerprint density at radius 1 is 1.31 bits per heavy atom. The maximum absolute atomic E-state index is 12.9. The summed E-state index contributed by atoms with van der Waals surface area (Å²) in [7, 11) is 1.76. The zero-order valence-corrected chi connectivity index (χ0v) is 14.9. The number of carbonyl (C=O) groups is 2. The van der Waals surface area contributed by atoms with E-state index in [-0.39, 0.29) is 23.1 Å². The third kappa shape index (κ3) is 2.87. The molecule has 7 heteroatoms. The fraction of sp³-hybridized carbons (Fsp3) is 0.474. The van der Waals surface area contributed by atoms with Gasteiger partial charge in [0.15, 0.2) is 0 Å². The minimum Gasteiger partial charge on any atom is -0.352 e. The number of hydrogen-bond donors (Lipinski definition) is 1. The van der Waals surface area contributed by atoms with Gasteiger partial charge in [-0.3, -0.25) is 19.3 Å². The number of likely N-dealkylation sites (tertiary alicyclic amines) is 1. The molecule has 0 aromatic carbocycles. The Kier molecular flexibility index (Phi) is 4.22. The van der Waals surface area contributed by atoms with Crippen LogP contribution in [0.25, 0.3) is 0 Å². The first kappa shape index (κ1) is 16.8. The van der Waals surface area contributed by atoms with Gasteiger partial charge in [0.2, 0.25) is 5.91 Å². The molecule has 2 amide bonds. The van der Waals surface area contributed by atoms with Gasteiger partial charge in [-0.25, -0.2) is 0 Å². The Balaban J connectivity index is 1.46. The largest absolute Gasteiger partial charge is 0.352 e. The number of hydrogen-bond acceptors (Lipinski definition) is 4. The smallest absolute Gasteiger partial charge is 0.272 e.